The SMILES string of the molecule is Cc1cc(C(=O)Nc2cccc(N(C)C)n2)n(C)n1. The number of rotatable bonds is 3. The van der Waals surface area contributed by atoms with E-state index in [0.29, 0.717) is 11.5 Å². The number of hydrogen-bond donors (Lipinski definition) is 1. The van der Waals surface area contributed by atoms with Crippen molar-refractivity contribution >= 4 is 17.5 Å². The molecule has 2 aromatic heterocycles. The van der Waals surface area contributed by atoms with Gasteiger partial charge in [0, 0.05) is 21.1 Å². The normalized spacial score (nSPS) is 10.3. The third-order valence-electron chi connectivity index (χ3n) is 2.67. The third-order valence-corrected chi connectivity index (χ3v) is 2.67. The van der Waals surface area contributed by atoms with Crippen LogP contribution in [-0.4, -0.2) is 34.8 Å². The van der Waals surface area contributed by atoms with E-state index in [1.54, 1.807) is 23.9 Å². The molecule has 0 aliphatic heterocycles. The lowest BCUT2D eigenvalue weighted by atomic mass is 10.3. The van der Waals surface area contributed by atoms with E-state index in [4.69, 9.17) is 0 Å². The summed E-state index contributed by atoms with van der Waals surface area (Å²) in [4.78, 5) is 18.3. The molecule has 19 heavy (non-hydrogen) atoms. The zero-order chi connectivity index (χ0) is 14.0. The Morgan fingerprint density at radius 3 is 2.68 bits per heavy atom. The van der Waals surface area contributed by atoms with Crippen molar-refractivity contribution in [3.05, 3.63) is 35.7 Å². The molecule has 2 aromatic rings. The Bertz CT molecular complexity index is 603. The fraction of sp³-hybridized carbons (Fsp3) is 0.308. The van der Waals surface area contributed by atoms with Crippen LogP contribution in [0.1, 0.15) is 16.2 Å². The van der Waals surface area contributed by atoms with Gasteiger partial charge in [-0.2, -0.15) is 5.10 Å². The van der Waals surface area contributed by atoms with Crippen LogP contribution in [0.5, 0.6) is 0 Å². The standard InChI is InChI=1S/C13H17N5O/c1-9-8-10(18(4)16-9)13(19)15-11-6-5-7-12(14-11)17(2)3/h5-8H,1-4H3,(H,14,15,19). The van der Waals surface area contributed by atoms with E-state index in [0.717, 1.165) is 11.5 Å². The summed E-state index contributed by atoms with van der Waals surface area (Å²) in [7, 11) is 5.54. The molecule has 0 fully saturated rings. The minimum Gasteiger partial charge on any atom is -0.363 e. The lowest BCUT2D eigenvalue weighted by molar-refractivity contribution is 0.101. The summed E-state index contributed by atoms with van der Waals surface area (Å²) in [5.41, 5.74) is 1.32. The molecule has 0 spiro atoms. The van der Waals surface area contributed by atoms with Crippen LogP contribution in [0.15, 0.2) is 24.3 Å². The van der Waals surface area contributed by atoms with Crippen molar-refractivity contribution in [3.63, 3.8) is 0 Å². The predicted molar refractivity (Wildman–Crippen MR) is 74.5 cm³/mol. The maximum atomic E-state index is 12.1. The number of aromatic nitrogens is 3. The first-order chi connectivity index (χ1) is 8.97. The molecule has 0 bridgehead atoms. The van der Waals surface area contributed by atoms with Gasteiger partial charge in [-0.3, -0.25) is 9.48 Å². The molecule has 0 saturated heterocycles. The number of aryl methyl sites for hydroxylation is 2. The van der Waals surface area contributed by atoms with E-state index < -0.39 is 0 Å². The van der Waals surface area contributed by atoms with Gasteiger partial charge >= 0.3 is 0 Å². The minimum atomic E-state index is -0.216. The van der Waals surface area contributed by atoms with Crippen molar-refractivity contribution in [2.24, 2.45) is 7.05 Å². The summed E-state index contributed by atoms with van der Waals surface area (Å²) in [6, 6.07) is 7.23. The summed E-state index contributed by atoms with van der Waals surface area (Å²) in [5, 5.41) is 6.92. The Labute approximate surface area is 112 Å². The molecule has 0 atom stereocenters. The van der Waals surface area contributed by atoms with Gasteiger partial charge in [0.05, 0.1) is 5.69 Å². The highest BCUT2D eigenvalue weighted by Crippen LogP contribution is 2.13. The zero-order valence-electron chi connectivity index (χ0n) is 11.5. The summed E-state index contributed by atoms with van der Waals surface area (Å²) in [6.07, 6.45) is 0. The van der Waals surface area contributed by atoms with Crippen LogP contribution in [0.25, 0.3) is 0 Å². The van der Waals surface area contributed by atoms with Crippen LogP contribution < -0.4 is 10.2 Å². The molecule has 0 aromatic carbocycles. The first-order valence-electron chi connectivity index (χ1n) is 5.94. The van der Waals surface area contributed by atoms with E-state index in [9.17, 15) is 4.79 Å². The fourth-order valence-electron chi connectivity index (χ4n) is 1.75. The Kier molecular flexibility index (Phi) is 3.50. The van der Waals surface area contributed by atoms with Crippen molar-refractivity contribution < 1.29 is 4.79 Å². The second kappa shape index (κ2) is 5.09. The highest BCUT2D eigenvalue weighted by atomic mass is 16.2. The predicted octanol–water partition coefficient (Wildman–Crippen LogP) is 1.44. The molecular formula is C13H17N5O. The fourth-order valence-corrected chi connectivity index (χ4v) is 1.75. The molecule has 2 rings (SSSR count). The number of nitrogens with one attached hydrogen (secondary N) is 1. The molecular weight excluding hydrogens is 242 g/mol. The lowest BCUT2D eigenvalue weighted by Crippen LogP contribution is -2.18. The van der Waals surface area contributed by atoms with Crippen LogP contribution in [0, 0.1) is 6.92 Å². The second-order valence-corrected chi connectivity index (χ2v) is 4.52. The molecule has 2 heterocycles. The lowest BCUT2D eigenvalue weighted by Gasteiger charge is -2.12. The monoisotopic (exact) mass is 259 g/mol. The molecule has 0 radical (unpaired) electrons. The minimum absolute atomic E-state index is 0.216. The Hall–Kier alpha value is -2.37. The van der Waals surface area contributed by atoms with E-state index in [1.807, 2.05) is 38.1 Å². The summed E-state index contributed by atoms with van der Waals surface area (Å²) >= 11 is 0. The second-order valence-electron chi connectivity index (χ2n) is 4.52. The number of nitrogens with zero attached hydrogens (tertiary/aromatic N) is 4. The quantitative estimate of drug-likeness (QED) is 0.906. The van der Waals surface area contributed by atoms with Gasteiger partial charge in [-0.25, -0.2) is 4.98 Å². The molecule has 0 aliphatic carbocycles. The highest BCUT2D eigenvalue weighted by molar-refractivity contribution is 6.02. The molecule has 6 heteroatoms. The van der Waals surface area contributed by atoms with Gasteiger partial charge in [-0.05, 0) is 25.1 Å². The number of carbonyl (C=O) groups is 1. The zero-order valence-corrected chi connectivity index (χ0v) is 11.5. The molecule has 1 N–H and O–H groups in total. The van der Waals surface area contributed by atoms with Gasteiger partial charge in [0.25, 0.3) is 5.91 Å². The van der Waals surface area contributed by atoms with Crippen LogP contribution >= 0.6 is 0 Å². The Balaban J connectivity index is 2.19. The topological polar surface area (TPSA) is 63.1 Å². The van der Waals surface area contributed by atoms with Gasteiger partial charge in [0.2, 0.25) is 0 Å². The number of hydrogen-bond acceptors (Lipinski definition) is 4. The van der Waals surface area contributed by atoms with Gasteiger partial charge in [0.1, 0.15) is 17.3 Å². The van der Waals surface area contributed by atoms with Crippen molar-refractivity contribution in [1.29, 1.82) is 0 Å². The molecule has 0 unspecified atom stereocenters. The molecule has 1 amide bonds. The third kappa shape index (κ3) is 2.90. The molecule has 0 saturated carbocycles. The van der Waals surface area contributed by atoms with Gasteiger partial charge in [0.15, 0.2) is 0 Å². The van der Waals surface area contributed by atoms with Crippen molar-refractivity contribution in [2.75, 3.05) is 24.3 Å². The van der Waals surface area contributed by atoms with Crippen LogP contribution in [-0.2, 0) is 7.05 Å². The summed E-state index contributed by atoms with van der Waals surface area (Å²) in [5.74, 6) is 1.10. The number of carbonyl (C=O) groups excluding carboxylic acids is 1. The van der Waals surface area contributed by atoms with Crippen LogP contribution in [0.3, 0.4) is 0 Å². The highest BCUT2D eigenvalue weighted by Gasteiger charge is 2.12. The van der Waals surface area contributed by atoms with Crippen molar-refractivity contribution in [3.8, 4) is 0 Å². The summed E-state index contributed by atoms with van der Waals surface area (Å²) < 4.78 is 1.56. The largest absolute Gasteiger partial charge is 0.363 e. The molecule has 0 aliphatic rings. The van der Waals surface area contributed by atoms with Crippen molar-refractivity contribution in [1.82, 2.24) is 14.8 Å². The Morgan fingerprint density at radius 2 is 2.11 bits per heavy atom. The maximum absolute atomic E-state index is 12.1. The van der Waals surface area contributed by atoms with E-state index in [-0.39, 0.29) is 5.91 Å². The van der Waals surface area contributed by atoms with E-state index >= 15 is 0 Å². The van der Waals surface area contributed by atoms with Gasteiger partial charge in [-0.15, -0.1) is 0 Å². The van der Waals surface area contributed by atoms with E-state index in [1.165, 1.54) is 0 Å². The molecule has 100 valence electrons. The summed E-state index contributed by atoms with van der Waals surface area (Å²) in [6.45, 7) is 1.85. The molecule has 6 nitrogen and oxygen atoms in total. The first kappa shape index (κ1) is 13.1. The number of anilines is 2. The van der Waals surface area contributed by atoms with Crippen molar-refractivity contribution in [2.45, 2.75) is 6.92 Å². The smallest absolute Gasteiger partial charge is 0.275 e. The number of amides is 1. The first-order valence-corrected chi connectivity index (χ1v) is 5.94. The van der Waals surface area contributed by atoms with Gasteiger partial charge in [-0.1, -0.05) is 6.07 Å². The van der Waals surface area contributed by atoms with E-state index in [2.05, 4.69) is 15.4 Å². The maximum Gasteiger partial charge on any atom is 0.275 e. The van der Waals surface area contributed by atoms with Crippen LogP contribution in [0.4, 0.5) is 11.6 Å². The van der Waals surface area contributed by atoms with Crippen LogP contribution in [0.2, 0.25) is 0 Å². The number of pyridine rings is 1. The average molecular weight is 259 g/mol. The Morgan fingerprint density at radius 1 is 1.37 bits per heavy atom. The average Bonchev–Trinajstić information content (AvgIpc) is 2.69. The van der Waals surface area contributed by atoms with Gasteiger partial charge < -0.3 is 10.2 Å².